The number of rotatable bonds is 6. The molecule has 0 spiro atoms. The lowest BCUT2D eigenvalue weighted by molar-refractivity contribution is 0.0209. The first-order valence-electron chi connectivity index (χ1n) is 9.51. The number of sulfonamides is 1. The monoisotopic (exact) mass is 382 g/mol. The molecule has 1 saturated heterocycles. The first-order valence-corrected chi connectivity index (χ1v) is 10.9. The minimum Gasteiger partial charge on any atom is -0.378 e. The fourth-order valence-corrected chi connectivity index (χ4v) is 5.37. The van der Waals surface area contributed by atoms with Crippen LogP contribution in [0.5, 0.6) is 0 Å². The normalized spacial score (nSPS) is 17.6. The standard InChI is InChI=1S/C20H34N2O3S/c1-15-13-17(20(3,4)5)14-16(2)19(15)26(23,24)22-10-7-18(8-11-22)25-12-6-9-21/h13-14,18H,6-12,21H2,1-5H3. The molecule has 1 aliphatic rings. The van der Waals surface area contributed by atoms with E-state index >= 15 is 0 Å². The maximum absolute atomic E-state index is 13.2. The summed E-state index contributed by atoms with van der Waals surface area (Å²) in [5, 5.41) is 0. The van der Waals surface area contributed by atoms with Crippen molar-refractivity contribution in [2.75, 3.05) is 26.2 Å². The van der Waals surface area contributed by atoms with E-state index in [2.05, 4.69) is 20.8 Å². The summed E-state index contributed by atoms with van der Waals surface area (Å²) in [6.07, 6.45) is 2.46. The zero-order valence-electron chi connectivity index (χ0n) is 16.8. The van der Waals surface area contributed by atoms with Crippen LogP contribution >= 0.6 is 0 Å². The highest BCUT2D eigenvalue weighted by Gasteiger charge is 2.32. The van der Waals surface area contributed by atoms with Gasteiger partial charge in [0.2, 0.25) is 10.0 Å². The third-order valence-electron chi connectivity index (χ3n) is 5.03. The van der Waals surface area contributed by atoms with Crippen LogP contribution in [0.3, 0.4) is 0 Å². The molecule has 0 atom stereocenters. The zero-order chi connectivity index (χ0) is 19.5. The number of benzene rings is 1. The molecule has 0 aliphatic carbocycles. The van der Waals surface area contributed by atoms with Crippen LogP contribution in [0.15, 0.2) is 17.0 Å². The first-order chi connectivity index (χ1) is 12.1. The second kappa shape index (κ2) is 8.38. The molecule has 0 unspecified atom stereocenters. The van der Waals surface area contributed by atoms with Gasteiger partial charge in [-0.05, 0) is 61.8 Å². The molecule has 1 aromatic rings. The van der Waals surface area contributed by atoms with Crippen LogP contribution in [0.4, 0.5) is 0 Å². The molecule has 148 valence electrons. The summed E-state index contributed by atoms with van der Waals surface area (Å²) in [4.78, 5) is 0.466. The van der Waals surface area contributed by atoms with E-state index in [1.54, 1.807) is 4.31 Å². The van der Waals surface area contributed by atoms with Crippen molar-refractivity contribution < 1.29 is 13.2 Å². The van der Waals surface area contributed by atoms with Gasteiger partial charge in [-0.25, -0.2) is 8.42 Å². The van der Waals surface area contributed by atoms with Gasteiger partial charge in [0.15, 0.2) is 0 Å². The van der Waals surface area contributed by atoms with Gasteiger partial charge in [0, 0.05) is 19.7 Å². The van der Waals surface area contributed by atoms with Gasteiger partial charge in [0.25, 0.3) is 0 Å². The molecule has 2 rings (SSSR count). The average molecular weight is 383 g/mol. The predicted octanol–water partition coefficient (Wildman–Crippen LogP) is 3.12. The van der Waals surface area contributed by atoms with E-state index in [4.69, 9.17) is 10.5 Å². The lowest BCUT2D eigenvalue weighted by Crippen LogP contribution is -2.41. The van der Waals surface area contributed by atoms with Crippen LogP contribution in [-0.2, 0) is 20.2 Å². The van der Waals surface area contributed by atoms with E-state index < -0.39 is 10.0 Å². The highest BCUT2D eigenvalue weighted by atomic mass is 32.2. The zero-order valence-corrected chi connectivity index (χ0v) is 17.7. The molecule has 2 N–H and O–H groups in total. The van der Waals surface area contributed by atoms with E-state index in [1.165, 1.54) is 5.56 Å². The van der Waals surface area contributed by atoms with E-state index in [1.807, 2.05) is 26.0 Å². The molecule has 1 aromatic carbocycles. The van der Waals surface area contributed by atoms with Crippen molar-refractivity contribution in [3.63, 3.8) is 0 Å². The Morgan fingerprint density at radius 1 is 1.15 bits per heavy atom. The Bertz CT molecular complexity index is 692. The minimum atomic E-state index is -3.48. The van der Waals surface area contributed by atoms with Crippen LogP contribution in [-0.4, -0.2) is 45.1 Å². The number of hydrogen-bond acceptors (Lipinski definition) is 4. The average Bonchev–Trinajstić information content (AvgIpc) is 2.54. The molecule has 0 aromatic heterocycles. The van der Waals surface area contributed by atoms with Crippen molar-refractivity contribution >= 4 is 10.0 Å². The summed E-state index contributed by atoms with van der Waals surface area (Å²) < 4.78 is 33.9. The largest absolute Gasteiger partial charge is 0.378 e. The summed E-state index contributed by atoms with van der Waals surface area (Å²) in [5.41, 5.74) is 8.31. The molecule has 1 heterocycles. The van der Waals surface area contributed by atoms with Crippen LogP contribution < -0.4 is 5.73 Å². The molecule has 0 bridgehead atoms. The number of nitrogens with two attached hydrogens (primary N) is 1. The molecule has 26 heavy (non-hydrogen) atoms. The van der Waals surface area contributed by atoms with Gasteiger partial charge in [0.05, 0.1) is 11.0 Å². The fourth-order valence-electron chi connectivity index (χ4n) is 3.49. The SMILES string of the molecule is Cc1cc(C(C)(C)C)cc(C)c1S(=O)(=O)N1CCC(OCCCN)CC1. The molecule has 0 amide bonds. The summed E-state index contributed by atoms with van der Waals surface area (Å²) in [7, 11) is -3.48. The topological polar surface area (TPSA) is 72.6 Å². The smallest absolute Gasteiger partial charge is 0.243 e. The van der Waals surface area contributed by atoms with Gasteiger partial charge < -0.3 is 10.5 Å². The number of hydrogen-bond donors (Lipinski definition) is 1. The highest BCUT2D eigenvalue weighted by molar-refractivity contribution is 7.89. The van der Waals surface area contributed by atoms with E-state index in [-0.39, 0.29) is 11.5 Å². The fraction of sp³-hybridized carbons (Fsp3) is 0.700. The second-order valence-corrected chi connectivity index (χ2v) is 10.2. The third-order valence-corrected chi connectivity index (χ3v) is 7.23. The Morgan fingerprint density at radius 2 is 1.69 bits per heavy atom. The molecule has 1 fully saturated rings. The number of aryl methyl sites for hydroxylation is 2. The lowest BCUT2D eigenvalue weighted by Gasteiger charge is -2.32. The Morgan fingerprint density at radius 3 is 2.15 bits per heavy atom. The summed E-state index contributed by atoms with van der Waals surface area (Å²) in [6, 6.07) is 4.03. The highest BCUT2D eigenvalue weighted by Crippen LogP contribution is 2.31. The van der Waals surface area contributed by atoms with E-state index in [0.717, 1.165) is 30.4 Å². The molecule has 1 aliphatic heterocycles. The van der Waals surface area contributed by atoms with Crippen LogP contribution in [0, 0.1) is 13.8 Å². The van der Waals surface area contributed by atoms with Gasteiger partial charge in [-0.3, -0.25) is 0 Å². The van der Waals surface area contributed by atoms with Crippen molar-refractivity contribution in [2.24, 2.45) is 5.73 Å². The van der Waals surface area contributed by atoms with Crippen molar-refractivity contribution in [3.05, 3.63) is 28.8 Å². The molecular formula is C20H34N2O3S. The van der Waals surface area contributed by atoms with Gasteiger partial charge in [-0.1, -0.05) is 32.9 Å². The van der Waals surface area contributed by atoms with E-state index in [9.17, 15) is 8.42 Å². The van der Waals surface area contributed by atoms with Gasteiger partial charge >= 0.3 is 0 Å². The van der Waals surface area contributed by atoms with Crippen LogP contribution in [0.2, 0.25) is 0 Å². The van der Waals surface area contributed by atoms with Gasteiger partial charge in [0.1, 0.15) is 0 Å². The summed E-state index contributed by atoms with van der Waals surface area (Å²) >= 11 is 0. The quantitative estimate of drug-likeness (QED) is 0.767. The van der Waals surface area contributed by atoms with Gasteiger partial charge in [-0.15, -0.1) is 0 Å². The second-order valence-electron chi connectivity index (χ2n) is 8.31. The summed E-state index contributed by atoms with van der Waals surface area (Å²) in [6.45, 7) is 12.5. The predicted molar refractivity (Wildman–Crippen MR) is 106 cm³/mol. The van der Waals surface area contributed by atoms with Gasteiger partial charge in [-0.2, -0.15) is 4.31 Å². The Labute approximate surface area is 159 Å². The van der Waals surface area contributed by atoms with Crippen LogP contribution in [0.25, 0.3) is 0 Å². The molecule has 5 nitrogen and oxygen atoms in total. The maximum atomic E-state index is 13.2. The number of ether oxygens (including phenoxy) is 1. The van der Waals surface area contributed by atoms with Crippen molar-refractivity contribution in [1.29, 1.82) is 0 Å². The number of nitrogens with zero attached hydrogens (tertiary/aromatic N) is 1. The third kappa shape index (κ3) is 4.85. The lowest BCUT2D eigenvalue weighted by atomic mass is 9.85. The van der Waals surface area contributed by atoms with Crippen molar-refractivity contribution in [3.8, 4) is 0 Å². The molecular weight excluding hydrogens is 348 g/mol. The first kappa shape index (κ1) is 21.4. The molecule has 0 radical (unpaired) electrons. The molecule has 6 heteroatoms. The molecule has 0 saturated carbocycles. The Balaban J connectivity index is 2.16. The minimum absolute atomic E-state index is 0.00295. The van der Waals surface area contributed by atoms with E-state index in [0.29, 0.717) is 31.1 Å². The number of piperidine rings is 1. The summed E-state index contributed by atoms with van der Waals surface area (Å²) in [5.74, 6) is 0. The Hall–Kier alpha value is -0.950. The maximum Gasteiger partial charge on any atom is 0.243 e. The van der Waals surface area contributed by atoms with Crippen molar-refractivity contribution in [1.82, 2.24) is 4.31 Å². The Kier molecular flexibility index (Phi) is 6.88. The van der Waals surface area contributed by atoms with Crippen molar-refractivity contribution in [2.45, 2.75) is 70.3 Å². The van der Waals surface area contributed by atoms with Crippen LogP contribution in [0.1, 0.15) is 56.7 Å².